The molecule has 1 aliphatic rings. The number of carboxylic acid groups (broad SMARTS) is 1. The Bertz CT molecular complexity index is 840. The lowest BCUT2D eigenvalue weighted by Crippen LogP contribution is -2.48. The molecule has 130 valence electrons. The number of carboxylic acids is 1. The molecule has 5 heteroatoms. The molecule has 2 N–H and O–H groups in total. The van der Waals surface area contributed by atoms with Crippen LogP contribution in [0.1, 0.15) is 35.3 Å². The number of carbonyl (C=O) groups excluding carboxylic acids is 1. The number of Topliss-reactive ketones (excluding diaryl/α,β-unsaturated/α-hetero) is 1. The monoisotopic (exact) mass is 340 g/mol. The van der Waals surface area contributed by atoms with Crippen LogP contribution in [0.5, 0.6) is 11.5 Å². The number of aryl methyl sites for hydroxylation is 1. The van der Waals surface area contributed by atoms with Gasteiger partial charge in [-0.1, -0.05) is 43.7 Å². The molecule has 1 heterocycles. The summed E-state index contributed by atoms with van der Waals surface area (Å²) in [5.74, 6) is -1.74. The van der Waals surface area contributed by atoms with Gasteiger partial charge in [0, 0.05) is 11.1 Å². The van der Waals surface area contributed by atoms with Crippen LogP contribution in [0.2, 0.25) is 0 Å². The first-order chi connectivity index (χ1) is 11.7. The number of fused-ring (bicyclic) bond motifs is 1. The predicted octanol–water partition coefficient (Wildman–Crippen LogP) is 3.32. The van der Waals surface area contributed by atoms with Crippen LogP contribution in [-0.2, 0) is 10.2 Å². The second-order valence-corrected chi connectivity index (χ2v) is 6.75. The molecule has 0 saturated heterocycles. The average Bonchev–Trinajstić information content (AvgIpc) is 2.88. The lowest BCUT2D eigenvalue weighted by Gasteiger charge is -2.33. The molecule has 3 unspecified atom stereocenters. The Balaban J connectivity index is 2.11. The number of benzene rings is 2. The fourth-order valence-corrected chi connectivity index (χ4v) is 3.34. The molecule has 0 fully saturated rings. The van der Waals surface area contributed by atoms with Crippen LogP contribution in [0.25, 0.3) is 0 Å². The van der Waals surface area contributed by atoms with Crippen molar-refractivity contribution >= 4 is 11.8 Å². The van der Waals surface area contributed by atoms with E-state index in [1.807, 2.05) is 19.1 Å². The van der Waals surface area contributed by atoms with Gasteiger partial charge in [-0.25, -0.2) is 0 Å². The van der Waals surface area contributed by atoms with E-state index in [1.165, 1.54) is 12.1 Å². The highest BCUT2D eigenvalue weighted by Gasteiger charge is 2.54. The average molecular weight is 340 g/mol. The number of ether oxygens (including phenoxy) is 1. The molecule has 0 bridgehead atoms. The molecule has 0 spiro atoms. The largest absolute Gasteiger partial charge is 0.508 e. The van der Waals surface area contributed by atoms with Crippen molar-refractivity contribution in [1.29, 1.82) is 0 Å². The molecular weight excluding hydrogens is 320 g/mol. The van der Waals surface area contributed by atoms with E-state index in [0.29, 0.717) is 16.9 Å². The van der Waals surface area contributed by atoms with Gasteiger partial charge in [-0.05, 0) is 25.1 Å². The van der Waals surface area contributed by atoms with Gasteiger partial charge < -0.3 is 14.9 Å². The molecule has 0 aliphatic carbocycles. The summed E-state index contributed by atoms with van der Waals surface area (Å²) in [6.45, 7) is 5.18. The van der Waals surface area contributed by atoms with Crippen LogP contribution in [0.3, 0.4) is 0 Å². The number of phenols is 1. The van der Waals surface area contributed by atoms with Crippen molar-refractivity contribution in [2.45, 2.75) is 32.3 Å². The highest BCUT2D eigenvalue weighted by Crippen LogP contribution is 2.49. The van der Waals surface area contributed by atoms with Crippen molar-refractivity contribution in [2.24, 2.45) is 5.92 Å². The summed E-state index contributed by atoms with van der Waals surface area (Å²) in [5.41, 5.74) is 0.935. The van der Waals surface area contributed by atoms with E-state index in [4.69, 9.17) is 4.74 Å². The fourth-order valence-electron chi connectivity index (χ4n) is 3.34. The topological polar surface area (TPSA) is 83.8 Å². The van der Waals surface area contributed by atoms with E-state index in [1.54, 1.807) is 32.0 Å². The molecular formula is C20H20O5. The van der Waals surface area contributed by atoms with Gasteiger partial charge in [0.05, 0.1) is 11.3 Å². The van der Waals surface area contributed by atoms with E-state index < -0.39 is 23.4 Å². The quantitative estimate of drug-likeness (QED) is 0.834. The summed E-state index contributed by atoms with van der Waals surface area (Å²) in [6.07, 6.45) is -0.974. The lowest BCUT2D eigenvalue weighted by atomic mass is 9.68. The second kappa shape index (κ2) is 5.92. The van der Waals surface area contributed by atoms with Crippen molar-refractivity contribution < 1.29 is 24.5 Å². The van der Waals surface area contributed by atoms with Crippen molar-refractivity contribution in [3.63, 3.8) is 0 Å². The van der Waals surface area contributed by atoms with Gasteiger partial charge in [-0.2, -0.15) is 0 Å². The molecule has 0 radical (unpaired) electrons. The lowest BCUT2D eigenvalue weighted by molar-refractivity contribution is -0.144. The molecule has 2 aromatic rings. The van der Waals surface area contributed by atoms with Gasteiger partial charge in [-0.15, -0.1) is 0 Å². The minimum absolute atomic E-state index is 0.00889. The number of aromatic hydroxyl groups is 1. The van der Waals surface area contributed by atoms with Crippen molar-refractivity contribution in [3.05, 3.63) is 59.2 Å². The molecule has 1 aliphatic heterocycles. The van der Waals surface area contributed by atoms with Crippen LogP contribution in [0.15, 0.2) is 42.5 Å². The van der Waals surface area contributed by atoms with Gasteiger partial charge in [0.25, 0.3) is 0 Å². The van der Waals surface area contributed by atoms with Crippen molar-refractivity contribution in [2.75, 3.05) is 0 Å². The van der Waals surface area contributed by atoms with Crippen LogP contribution in [0.4, 0.5) is 0 Å². The number of phenolic OH excluding ortho intramolecular Hbond substituents is 1. The molecule has 0 saturated carbocycles. The summed E-state index contributed by atoms with van der Waals surface area (Å²) in [5, 5.41) is 19.4. The number of ketones is 1. The molecule has 3 rings (SSSR count). The molecule has 0 amide bonds. The maximum Gasteiger partial charge on any atom is 0.307 e. The Morgan fingerprint density at radius 2 is 1.80 bits per heavy atom. The Morgan fingerprint density at radius 1 is 1.16 bits per heavy atom. The second-order valence-electron chi connectivity index (χ2n) is 6.75. The first-order valence-corrected chi connectivity index (χ1v) is 8.09. The zero-order valence-electron chi connectivity index (χ0n) is 14.3. The zero-order valence-corrected chi connectivity index (χ0v) is 14.3. The van der Waals surface area contributed by atoms with Crippen LogP contribution in [0, 0.1) is 12.8 Å². The highest BCUT2D eigenvalue weighted by molar-refractivity contribution is 6.02. The van der Waals surface area contributed by atoms with E-state index >= 15 is 0 Å². The third-order valence-corrected chi connectivity index (χ3v) is 5.18. The third-order valence-electron chi connectivity index (χ3n) is 5.18. The SMILES string of the molecule is Cc1ccc(C(=O)C2Oc3ccc(O)cc3C2(C)C(C)C(=O)O)cc1. The van der Waals surface area contributed by atoms with Crippen LogP contribution in [-0.4, -0.2) is 28.1 Å². The summed E-state index contributed by atoms with van der Waals surface area (Å²) in [6, 6.07) is 11.6. The zero-order chi connectivity index (χ0) is 18.4. The van der Waals surface area contributed by atoms with Gasteiger partial charge in [0.1, 0.15) is 11.5 Å². The Hall–Kier alpha value is -2.82. The predicted molar refractivity (Wildman–Crippen MR) is 92.2 cm³/mol. The number of hydrogen-bond acceptors (Lipinski definition) is 4. The van der Waals surface area contributed by atoms with E-state index in [-0.39, 0.29) is 11.5 Å². The number of hydrogen-bond donors (Lipinski definition) is 2. The van der Waals surface area contributed by atoms with E-state index in [0.717, 1.165) is 5.56 Å². The summed E-state index contributed by atoms with van der Waals surface area (Å²) in [4.78, 5) is 24.8. The molecule has 25 heavy (non-hydrogen) atoms. The first-order valence-electron chi connectivity index (χ1n) is 8.09. The van der Waals surface area contributed by atoms with E-state index in [9.17, 15) is 19.8 Å². The smallest absolute Gasteiger partial charge is 0.307 e. The molecule has 0 aromatic heterocycles. The highest BCUT2D eigenvalue weighted by atomic mass is 16.5. The van der Waals surface area contributed by atoms with Crippen LogP contribution >= 0.6 is 0 Å². The van der Waals surface area contributed by atoms with E-state index in [2.05, 4.69) is 0 Å². The minimum atomic E-state index is -1.10. The molecule has 5 nitrogen and oxygen atoms in total. The standard InChI is InChI=1S/C20H20O5/c1-11-4-6-13(7-5-11)17(22)18-20(3,12(2)19(23)24)15-10-14(21)8-9-16(15)25-18/h4-10,12,18,21H,1-3H3,(H,23,24). The van der Waals surface area contributed by atoms with Gasteiger partial charge >= 0.3 is 5.97 Å². The summed E-state index contributed by atoms with van der Waals surface area (Å²) in [7, 11) is 0. The third kappa shape index (κ3) is 2.65. The molecule has 3 atom stereocenters. The maximum absolute atomic E-state index is 13.1. The maximum atomic E-state index is 13.1. The van der Waals surface area contributed by atoms with Gasteiger partial charge in [0.15, 0.2) is 6.10 Å². The van der Waals surface area contributed by atoms with Crippen molar-refractivity contribution in [3.8, 4) is 11.5 Å². The normalized spacial score (nSPS) is 22.8. The van der Waals surface area contributed by atoms with Crippen LogP contribution < -0.4 is 4.74 Å². The number of rotatable bonds is 4. The number of aliphatic carboxylic acids is 1. The fraction of sp³-hybridized carbons (Fsp3) is 0.300. The Labute approximate surface area is 145 Å². The Morgan fingerprint density at radius 3 is 2.40 bits per heavy atom. The number of carbonyl (C=O) groups is 2. The summed E-state index contributed by atoms with van der Waals surface area (Å²) >= 11 is 0. The first kappa shape index (κ1) is 17.0. The minimum Gasteiger partial charge on any atom is -0.508 e. The van der Waals surface area contributed by atoms with Gasteiger partial charge in [-0.3, -0.25) is 9.59 Å². The Kier molecular flexibility index (Phi) is 4.03. The van der Waals surface area contributed by atoms with Crippen molar-refractivity contribution in [1.82, 2.24) is 0 Å². The van der Waals surface area contributed by atoms with Gasteiger partial charge in [0.2, 0.25) is 5.78 Å². The summed E-state index contributed by atoms with van der Waals surface area (Å²) < 4.78 is 5.87. The molecule has 2 aromatic carbocycles.